The van der Waals surface area contributed by atoms with E-state index in [-0.39, 0.29) is 5.11 Å². The Hall–Kier alpha value is -1.53. The number of para-hydroxylation sites is 1. The van der Waals surface area contributed by atoms with Gasteiger partial charge >= 0.3 is 0 Å². The maximum absolute atomic E-state index is 5.71. The molecule has 0 spiro atoms. The summed E-state index contributed by atoms with van der Waals surface area (Å²) < 4.78 is 11.1. The number of hydrogen-bond acceptors (Lipinski definition) is 4. The van der Waals surface area contributed by atoms with Gasteiger partial charge in [-0.25, -0.2) is 5.84 Å². The molecular formula is C12H19N3O2S. The van der Waals surface area contributed by atoms with Crippen molar-refractivity contribution in [3.63, 3.8) is 0 Å². The maximum Gasteiger partial charge on any atom is 0.180 e. The van der Waals surface area contributed by atoms with Gasteiger partial charge in [0.15, 0.2) is 16.6 Å². The minimum atomic E-state index is 0.138. The van der Waals surface area contributed by atoms with E-state index in [0.717, 1.165) is 5.56 Å². The molecule has 0 amide bonds. The molecule has 6 heteroatoms. The third kappa shape index (κ3) is 3.75. The largest absolute Gasteiger partial charge is 0.490 e. The molecule has 100 valence electrons. The fraction of sp³-hybridized carbons (Fsp3) is 0.417. The second-order valence-electron chi connectivity index (χ2n) is 3.58. The minimum Gasteiger partial charge on any atom is -0.490 e. The molecule has 4 N–H and O–H groups in total. The zero-order valence-corrected chi connectivity index (χ0v) is 11.5. The minimum absolute atomic E-state index is 0.138. The Morgan fingerprint density at radius 3 is 2.50 bits per heavy atom. The van der Waals surface area contributed by atoms with Gasteiger partial charge in [-0.1, -0.05) is 12.1 Å². The molecule has 0 heterocycles. The summed E-state index contributed by atoms with van der Waals surface area (Å²) in [6.45, 7) is 5.35. The monoisotopic (exact) mass is 269 g/mol. The molecule has 1 aromatic rings. The van der Waals surface area contributed by atoms with E-state index in [0.29, 0.717) is 31.3 Å². The van der Waals surface area contributed by atoms with Gasteiger partial charge in [-0.2, -0.15) is 0 Å². The molecule has 0 radical (unpaired) electrons. The predicted molar refractivity (Wildman–Crippen MR) is 75.3 cm³/mol. The lowest BCUT2D eigenvalue weighted by Crippen LogP contribution is -2.40. The number of benzene rings is 1. The zero-order chi connectivity index (χ0) is 13.5. The van der Waals surface area contributed by atoms with Crippen molar-refractivity contribution in [3.8, 4) is 11.5 Å². The van der Waals surface area contributed by atoms with Crippen molar-refractivity contribution in [1.82, 2.24) is 5.01 Å². The lowest BCUT2D eigenvalue weighted by molar-refractivity contribution is 0.281. The van der Waals surface area contributed by atoms with Crippen LogP contribution in [0.15, 0.2) is 18.2 Å². The van der Waals surface area contributed by atoms with Gasteiger partial charge in [0.05, 0.1) is 19.8 Å². The second-order valence-corrected chi connectivity index (χ2v) is 3.99. The third-order valence-electron chi connectivity index (χ3n) is 2.27. The molecule has 0 fully saturated rings. The molecule has 1 rings (SSSR count). The summed E-state index contributed by atoms with van der Waals surface area (Å²) in [5.74, 6) is 7.10. The molecule has 0 saturated heterocycles. The molecule has 0 aliphatic heterocycles. The fourth-order valence-electron chi connectivity index (χ4n) is 1.52. The molecule has 18 heavy (non-hydrogen) atoms. The summed E-state index contributed by atoms with van der Waals surface area (Å²) in [7, 11) is 0. The van der Waals surface area contributed by atoms with Crippen molar-refractivity contribution in [2.75, 3.05) is 13.2 Å². The van der Waals surface area contributed by atoms with E-state index < -0.39 is 0 Å². The normalized spacial score (nSPS) is 9.94. The zero-order valence-electron chi connectivity index (χ0n) is 10.7. The second kappa shape index (κ2) is 7.03. The number of hydrogen-bond donors (Lipinski definition) is 2. The Balaban J connectivity index is 3.01. The van der Waals surface area contributed by atoms with Crippen LogP contribution in [0.2, 0.25) is 0 Å². The quantitative estimate of drug-likeness (QED) is 0.462. The van der Waals surface area contributed by atoms with Gasteiger partial charge in [0, 0.05) is 5.56 Å². The van der Waals surface area contributed by atoms with E-state index in [4.69, 9.17) is 33.3 Å². The van der Waals surface area contributed by atoms with Gasteiger partial charge in [0.1, 0.15) is 0 Å². The smallest absolute Gasteiger partial charge is 0.180 e. The van der Waals surface area contributed by atoms with Gasteiger partial charge in [-0.15, -0.1) is 0 Å². The predicted octanol–water partition coefficient (Wildman–Crippen LogP) is 1.40. The summed E-state index contributed by atoms with van der Waals surface area (Å²) in [6.07, 6.45) is 0. The van der Waals surface area contributed by atoms with E-state index in [1.807, 2.05) is 32.0 Å². The van der Waals surface area contributed by atoms with E-state index in [1.165, 1.54) is 5.01 Å². The van der Waals surface area contributed by atoms with Gasteiger partial charge in [-0.3, -0.25) is 5.01 Å². The van der Waals surface area contributed by atoms with Crippen LogP contribution in [0.4, 0.5) is 0 Å². The average molecular weight is 269 g/mol. The van der Waals surface area contributed by atoms with Crippen molar-refractivity contribution >= 4 is 17.3 Å². The molecule has 0 aromatic heterocycles. The molecular weight excluding hydrogens is 250 g/mol. The first-order chi connectivity index (χ1) is 8.60. The van der Waals surface area contributed by atoms with Crippen LogP contribution in [0.1, 0.15) is 19.4 Å². The fourth-order valence-corrected chi connectivity index (χ4v) is 1.59. The summed E-state index contributed by atoms with van der Waals surface area (Å²) in [5.41, 5.74) is 6.35. The Morgan fingerprint density at radius 2 is 1.94 bits per heavy atom. The van der Waals surface area contributed by atoms with Crippen LogP contribution in [0.25, 0.3) is 0 Å². The number of nitrogens with zero attached hydrogens (tertiary/aromatic N) is 1. The van der Waals surface area contributed by atoms with Crippen LogP contribution >= 0.6 is 12.2 Å². The highest BCUT2D eigenvalue weighted by Gasteiger charge is 2.13. The highest BCUT2D eigenvalue weighted by molar-refractivity contribution is 7.80. The number of ether oxygens (including phenoxy) is 2. The first kappa shape index (κ1) is 14.5. The first-order valence-corrected chi connectivity index (χ1v) is 6.20. The summed E-state index contributed by atoms with van der Waals surface area (Å²) in [5, 5.41) is 1.43. The highest BCUT2D eigenvalue weighted by atomic mass is 32.1. The number of thiocarbonyl (C=S) groups is 1. The van der Waals surface area contributed by atoms with Crippen LogP contribution in [-0.2, 0) is 6.54 Å². The molecule has 0 unspecified atom stereocenters. The Kier molecular flexibility index (Phi) is 5.67. The summed E-state index contributed by atoms with van der Waals surface area (Å²) >= 11 is 4.82. The third-order valence-corrected chi connectivity index (χ3v) is 2.51. The van der Waals surface area contributed by atoms with Gasteiger partial charge in [0.25, 0.3) is 0 Å². The Bertz CT molecular complexity index is 412. The van der Waals surface area contributed by atoms with E-state index in [2.05, 4.69) is 0 Å². The lowest BCUT2D eigenvalue weighted by Gasteiger charge is -2.20. The van der Waals surface area contributed by atoms with Crippen LogP contribution < -0.4 is 21.1 Å². The van der Waals surface area contributed by atoms with E-state index in [9.17, 15) is 0 Å². The molecule has 0 aliphatic rings. The van der Waals surface area contributed by atoms with E-state index in [1.54, 1.807) is 0 Å². The van der Waals surface area contributed by atoms with E-state index >= 15 is 0 Å². The molecule has 5 nitrogen and oxygen atoms in total. The number of hydrazine groups is 1. The summed E-state index contributed by atoms with van der Waals surface area (Å²) in [4.78, 5) is 0. The van der Waals surface area contributed by atoms with Crippen molar-refractivity contribution in [2.24, 2.45) is 11.6 Å². The van der Waals surface area contributed by atoms with Crippen LogP contribution in [0.5, 0.6) is 11.5 Å². The highest BCUT2D eigenvalue weighted by Crippen LogP contribution is 2.31. The SMILES string of the molecule is CCOc1cccc(CN(N)C(N)=S)c1OCC. The number of nitrogens with two attached hydrogens (primary N) is 2. The Morgan fingerprint density at radius 1 is 1.28 bits per heavy atom. The van der Waals surface area contributed by atoms with Crippen molar-refractivity contribution in [3.05, 3.63) is 23.8 Å². The average Bonchev–Trinajstić information content (AvgIpc) is 2.33. The van der Waals surface area contributed by atoms with Crippen LogP contribution in [0, 0.1) is 0 Å². The maximum atomic E-state index is 5.71. The summed E-state index contributed by atoms with van der Waals surface area (Å²) in [6, 6.07) is 5.65. The van der Waals surface area contributed by atoms with Gasteiger partial charge in [-0.05, 0) is 32.1 Å². The van der Waals surface area contributed by atoms with Gasteiger partial charge in [0.2, 0.25) is 0 Å². The topological polar surface area (TPSA) is 73.7 Å². The van der Waals surface area contributed by atoms with Gasteiger partial charge < -0.3 is 15.2 Å². The Labute approximate surface area is 113 Å². The van der Waals surface area contributed by atoms with Crippen LogP contribution in [-0.4, -0.2) is 23.3 Å². The van der Waals surface area contributed by atoms with Crippen LogP contribution in [0.3, 0.4) is 0 Å². The first-order valence-electron chi connectivity index (χ1n) is 5.79. The standard InChI is InChI=1S/C12H19N3O2S/c1-3-16-10-7-5-6-9(11(10)17-4-2)8-15(14)12(13)18/h5-7H,3-4,8,14H2,1-2H3,(H2,13,18). The molecule has 0 bridgehead atoms. The van der Waals surface area contributed by atoms with Crippen molar-refractivity contribution in [1.29, 1.82) is 0 Å². The molecule has 0 aliphatic carbocycles. The van der Waals surface area contributed by atoms with Crippen molar-refractivity contribution in [2.45, 2.75) is 20.4 Å². The lowest BCUT2D eigenvalue weighted by atomic mass is 10.2. The molecule has 0 atom stereocenters. The molecule has 1 aromatic carbocycles. The van der Waals surface area contributed by atoms with Crippen molar-refractivity contribution < 1.29 is 9.47 Å². The molecule has 0 saturated carbocycles. The number of rotatable bonds is 6.